The lowest BCUT2D eigenvalue weighted by atomic mass is 10.1. The van der Waals surface area contributed by atoms with Crippen LogP contribution in [0.15, 0.2) is 29.3 Å². The molecule has 22 heavy (non-hydrogen) atoms. The number of carbonyl (C=O) groups excluding carboxylic acids is 1. The van der Waals surface area contributed by atoms with Crippen molar-refractivity contribution in [3.05, 3.63) is 29.3 Å². The smallest absolute Gasteiger partial charge is 0.224 e. The highest BCUT2D eigenvalue weighted by Crippen LogP contribution is 2.13. The molecule has 0 heterocycles. The molecule has 1 amide bonds. The van der Waals surface area contributed by atoms with Gasteiger partial charge < -0.3 is 16.0 Å². The Morgan fingerprint density at radius 3 is 2.41 bits per heavy atom. The molecule has 0 saturated heterocycles. The molecule has 122 valence electrons. The number of rotatable bonds is 5. The fourth-order valence-corrected chi connectivity index (χ4v) is 1.87. The van der Waals surface area contributed by atoms with Gasteiger partial charge in [-0.25, -0.2) is 0 Å². The van der Waals surface area contributed by atoms with Crippen LogP contribution in [0.5, 0.6) is 0 Å². The molecule has 0 atom stereocenters. The molecule has 1 aromatic carbocycles. The third kappa shape index (κ3) is 7.88. The Bertz CT molecular complexity index is 506. The van der Waals surface area contributed by atoms with Crippen molar-refractivity contribution in [1.82, 2.24) is 10.6 Å². The number of guanidine groups is 1. The van der Waals surface area contributed by atoms with Crippen molar-refractivity contribution in [2.24, 2.45) is 4.99 Å². The average Bonchev–Trinajstić information content (AvgIpc) is 2.43. The Morgan fingerprint density at radius 1 is 1.23 bits per heavy atom. The molecule has 0 bridgehead atoms. The lowest BCUT2D eigenvalue weighted by Gasteiger charge is -2.23. The summed E-state index contributed by atoms with van der Waals surface area (Å²) in [6.45, 7) is 6.89. The molecule has 0 aliphatic rings. The molecular formula is C16H25ClN4O. The molecule has 1 aromatic rings. The highest BCUT2D eigenvalue weighted by atomic mass is 35.5. The molecule has 0 aliphatic carbocycles. The van der Waals surface area contributed by atoms with Gasteiger partial charge >= 0.3 is 0 Å². The number of nitrogens with zero attached hydrogens (tertiary/aromatic N) is 1. The van der Waals surface area contributed by atoms with Crippen LogP contribution in [0.2, 0.25) is 5.02 Å². The van der Waals surface area contributed by atoms with Gasteiger partial charge in [-0.2, -0.15) is 0 Å². The van der Waals surface area contributed by atoms with E-state index in [1.807, 2.05) is 0 Å². The number of anilines is 1. The van der Waals surface area contributed by atoms with Crippen molar-refractivity contribution in [2.75, 3.05) is 18.9 Å². The van der Waals surface area contributed by atoms with E-state index < -0.39 is 0 Å². The molecule has 0 spiro atoms. The van der Waals surface area contributed by atoms with E-state index in [9.17, 15) is 4.79 Å². The molecule has 0 fully saturated rings. The summed E-state index contributed by atoms with van der Waals surface area (Å²) in [6.07, 6.45) is 1.17. The van der Waals surface area contributed by atoms with E-state index in [0.29, 0.717) is 18.0 Å². The van der Waals surface area contributed by atoms with Gasteiger partial charge in [0, 0.05) is 36.3 Å². The van der Waals surface area contributed by atoms with E-state index in [-0.39, 0.29) is 11.4 Å². The number of benzene rings is 1. The van der Waals surface area contributed by atoms with Gasteiger partial charge in [-0.1, -0.05) is 11.6 Å². The largest absolute Gasteiger partial charge is 0.356 e. The number of halogens is 1. The number of carbonyl (C=O) groups is 1. The molecule has 0 radical (unpaired) electrons. The van der Waals surface area contributed by atoms with Gasteiger partial charge in [-0.3, -0.25) is 9.79 Å². The Balaban J connectivity index is 2.26. The summed E-state index contributed by atoms with van der Waals surface area (Å²) >= 11 is 5.80. The quantitative estimate of drug-likeness (QED) is 0.443. The normalized spacial score (nSPS) is 12.0. The SMILES string of the molecule is CN=C(NCCCC(=O)Nc1ccc(Cl)cc1)NC(C)(C)C. The number of hydrogen-bond donors (Lipinski definition) is 3. The number of aliphatic imine (C=N–C) groups is 1. The van der Waals surface area contributed by atoms with Crippen LogP contribution in [0.4, 0.5) is 5.69 Å². The van der Waals surface area contributed by atoms with Gasteiger partial charge in [0.1, 0.15) is 0 Å². The first-order chi connectivity index (χ1) is 10.3. The second kappa shape index (κ2) is 8.63. The van der Waals surface area contributed by atoms with E-state index in [4.69, 9.17) is 11.6 Å². The second-order valence-corrected chi connectivity index (χ2v) is 6.47. The highest BCUT2D eigenvalue weighted by molar-refractivity contribution is 6.30. The van der Waals surface area contributed by atoms with Gasteiger partial charge in [0.15, 0.2) is 5.96 Å². The summed E-state index contributed by atoms with van der Waals surface area (Å²) in [5.41, 5.74) is 0.709. The fourth-order valence-electron chi connectivity index (χ4n) is 1.75. The molecule has 6 heteroatoms. The second-order valence-electron chi connectivity index (χ2n) is 6.03. The summed E-state index contributed by atoms with van der Waals surface area (Å²) in [4.78, 5) is 16.0. The zero-order valence-electron chi connectivity index (χ0n) is 13.7. The summed E-state index contributed by atoms with van der Waals surface area (Å²) < 4.78 is 0. The van der Waals surface area contributed by atoms with Crippen LogP contribution in [0.1, 0.15) is 33.6 Å². The molecule has 0 saturated carbocycles. The van der Waals surface area contributed by atoms with Crippen molar-refractivity contribution < 1.29 is 4.79 Å². The Hall–Kier alpha value is -1.75. The molecule has 0 aromatic heterocycles. The molecule has 0 aliphatic heterocycles. The zero-order valence-corrected chi connectivity index (χ0v) is 14.4. The molecule has 0 unspecified atom stereocenters. The van der Waals surface area contributed by atoms with Crippen molar-refractivity contribution in [3.8, 4) is 0 Å². The third-order valence-electron chi connectivity index (χ3n) is 2.72. The number of hydrogen-bond acceptors (Lipinski definition) is 2. The Kier molecular flexibility index (Phi) is 7.18. The maximum Gasteiger partial charge on any atom is 0.224 e. The lowest BCUT2D eigenvalue weighted by Crippen LogP contribution is -2.47. The van der Waals surface area contributed by atoms with Crippen molar-refractivity contribution in [2.45, 2.75) is 39.2 Å². The van der Waals surface area contributed by atoms with Crippen molar-refractivity contribution in [3.63, 3.8) is 0 Å². The summed E-state index contributed by atoms with van der Waals surface area (Å²) in [5, 5.41) is 9.95. The van der Waals surface area contributed by atoms with Crippen LogP contribution in [-0.4, -0.2) is 31.0 Å². The summed E-state index contributed by atoms with van der Waals surface area (Å²) in [7, 11) is 1.73. The minimum absolute atomic E-state index is 0.0112. The van der Waals surface area contributed by atoms with Gasteiger partial charge in [0.25, 0.3) is 0 Å². The molecule has 3 N–H and O–H groups in total. The lowest BCUT2D eigenvalue weighted by molar-refractivity contribution is -0.116. The van der Waals surface area contributed by atoms with Crippen LogP contribution in [0.3, 0.4) is 0 Å². The predicted octanol–water partition coefficient (Wildman–Crippen LogP) is 3.02. The first-order valence-electron chi connectivity index (χ1n) is 7.34. The van der Waals surface area contributed by atoms with E-state index in [1.165, 1.54) is 0 Å². The van der Waals surface area contributed by atoms with Crippen LogP contribution < -0.4 is 16.0 Å². The van der Waals surface area contributed by atoms with Crippen LogP contribution in [-0.2, 0) is 4.79 Å². The van der Waals surface area contributed by atoms with Crippen molar-refractivity contribution in [1.29, 1.82) is 0 Å². The minimum Gasteiger partial charge on any atom is -0.356 e. The first kappa shape index (κ1) is 18.3. The number of nitrogens with one attached hydrogen (secondary N) is 3. The Morgan fingerprint density at radius 2 is 1.86 bits per heavy atom. The van der Waals surface area contributed by atoms with E-state index in [0.717, 1.165) is 18.1 Å². The van der Waals surface area contributed by atoms with Gasteiger partial charge in [0.05, 0.1) is 0 Å². The fraction of sp³-hybridized carbons (Fsp3) is 0.500. The summed E-state index contributed by atoms with van der Waals surface area (Å²) in [5.74, 6) is 0.730. The topological polar surface area (TPSA) is 65.5 Å². The molecule has 1 rings (SSSR count). The average molecular weight is 325 g/mol. The minimum atomic E-state index is -0.0478. The van der Waals surface area contributed by atoms with Crippen LogP contribution >= 0.6 is 11.6 Å². The van der Waals surface area contributed by atoms with Crippen molar-refractivity contribution >= 4 is 29.2 Å². The number of amides is 1. The first-order valence-corrected chi connectivity index (χ1v) is 7.72. The molecular weight excluding hydrogens is 300 g/mol. The predicted molar refractivity (Wildman–Crippen MR) is 93.6 cm³/mol. The van der Waals surface area contributed by atoms with Crippen LogP contribution in [0.25, 0.3) is 0 Å². The monoisotopic (exact) mass is 324 g/mol. The molecule has 5 nitrogen and oxygen atoms in total. The standard InChI is InChI=1S/C16H25ClN4O/c1-16(2,3)21-15(18-4)19-11-5-6-14(22)20-13-9-7-12(17)8-10-13/h7-10H,5-6,11H2,1-4H3,(H,20,22)(H2,18,19,21). The van der Waals surface area contributed by atoms with E-state index in [2.05, 4.69) is 41.7 Å². The van der Waals surface area contributed by atoms with E-state index in [1.54, 1.807) is 31.3 Å². The maximum absolute atomic E-state index is 11.8. The zero-order chi connectivity index (χ0) is 16.6. The van der Waals surface area contributed by atoms with E-state index >= 15 is 0 Å². The summed E-state index contributed by atoms with van der Waals surface area (Å²) in [6, 6.07) is 7.07. The Labute approximate surface area is 137 Å². The van der Waals surface area contributed by atoms with Crippen LogP contribution in [0, 0.1) is 0 Å². The highest BCUT2D eigenvalue weighted by Gasteiger charge is 2.11. The maximum atomic E-state index is 11.8. The van der Waals surface area contributed by atoms with Gasteiger partial charge in [-0.15, -0.1) is 0 Å². The van der Waals surface area contributed by atoms with Gasteiger partial charge in [-0.05, 0) is 51.5 Å². The van der Waals surface area contributed by atoms with Gasteiger partial charge in [0.2, 0.25) is 5.91 Å². The third-order valence-corrected chi connectivity index (χ3v) is 2.97.